The molecule has 0 bridgehead atoms. The molecule has 0 unspecified atom stereocenters. The highest BCUT2D eigenvalue weighted by Crippen LogP contribution is 2.16. The van der Waals surface area contributed by atoms with E-state index >= 15 is 0 Å². The van der Waals surface area contributed by atoms with Crippen LogP contribution in [0.5, 0.6) is 0 Å². The van der Waals surface area contributed by atoms with Crippen LogP contribution < -0.4 is 5.73 Å². The Balaban J connectivity index is 1.68. The van der Waals surface area contributed by atoms with Crippen LogP contribution in [0.25, 0.3) is 0 Å². The van der Waals surface area contributed by atoms with E-state index in [4.69, 9.17) is 10.5 Å². The molecule has 5 nitrogen and oxygen atoms in total. The van der Waals surface area contributed by atoms with Gasteiger partial charge in [0.25, 0.3) is 0 Å². The van der Waals surface area contributed by atoms with Crippen molar-refractivity contribution in [3.05, 3.63) is 35.9 Å². The standard InChI is InChI=1S/C16H22N2O3/c17-16(20)14-7-4-9-18(11-14)15(19)8-10-21-12-13-5-2-1-3-6-13/h1-3,5-6,14H,4,7-12H2,(H2,17,20)/t14-/m0/s1. The van der Waals surface area contributed by atoms with E-state index in [-0.39, 0.29) is 17.7 Å². The van der Waals surface area contributed by atoms with Crippen LogP contribution in [-0.2, 0) is 20.9 Å². The number of primary amides is 1. The third kappa shape index (κ3) is 4.86. The first-order valence-corrected chi connectivity index (χ1v) is 7.35. The second-order valence-electron chi connectivity index (χ2n) is 5.37. The highest BCUT2D eigenvalue weighted by atomic mass is 16.5. The Kier molecular flexibility index (Phi) is 5.75. The van der Waals surface area contributed by atoms with Crippen LogP contribution in [0.15, 0.2) is 30.3 Å². The summed E-state index contributed by atoms with van der Waals surface area (Å²) in [6.07, 6.45) is 1.96. The molecule has 2 amide bonds. The van der Waals surface area contributed by atoms with Gasteiger partial charge in [-0.25, -0.2) is 0 Å². The van der Waals surface area contributed by atoms with E-state index in [0.717, 1.165) is 18.4 Å². The van der Waals surface area contributed by atoms with Crippen LogP contribution in [0.2, 0.25) is 0 Å². The molecule has 1 saturated heterocycles. The molecule has 0 aliphatic carbocycles. The summed E-state index contributed by atoms with van der Waals surface area (Å²) in [5.41, 5.74) is 6.41. The van der Waals surface area contributed by atoms with E-state index in [1.807, 2.05) is 30.3 Å². The van der Waals surface area contributed by atoms with Gasteiger partial charge in [-0.1, -0.05) is 30.3 Å². The van der Waals surface area contributed by atoms with Crippen LogP contribution in [0, 0.1) is 5.92 Å². The fourth-order valence-corrected chi connectivity index (χ4v) is 2.52. The summed E-state index contributed by atoms with van der Waals surface area (Å²) >= 11 is 0. The molecule has 21 heavy (non-hydrogen) atoms. The fourth-order valence-electron chi connectivity index (χ4n) is 2.52. The molecule has 5 heteroatoms. The van der Waals surface area contributed by atoms with Gasteiger partial charge in [-0.2, -0.15) is 0 Å². The summed E-state index contributed by atoms with van der Waals surface area (Å²) in [5.74, 6) is -0.477. The average molecular weight is 290 g/mol. The van der Waals surface area contributed by atoms with Crippen molar-refractivity contribution in [3.8, 4) is 0 Å². The minimum absolute atomic E-state index is 0.0361. The Bertz CT molecular complexity index is 476. The molecular weight excluding hydrogens is 268 g/mol. The number of rotatable bonds is 6. The molecule has 1 aromatic carbocycles. The molecule has 1 fully saturated rings. The number of amides is 2. The molecule has 2 N–H and O–H groups in total. The van der Waals surface area contributed by atoms with E-state index in [9.17, 15) is 9.59 Å². The number of nitrogens with two attached hydrogens (primary N) is 1. The lowest BCUT2D eigenvalue weighted by Gasteiger charge is -2.31. The van der Waals surface area contributed by atoms with Crippen molar-refractivity contribution in [3.63, 3.8) is 0 Å². The SMILES string of the molecule is NC(=O)[C@H]1CCCN(C(=O)CCOCc2ccccc2)C1. The minimum Gasteiger partial charge on any atom is -0.376 e. The number of hydrogen-bond acceptors (Lipinski definition) is 3. The Morgan fingerprint density at radius 1 is 1.29 bits per heavy atom. The van der Waals surface area contributed by atoms with Gasteiger partial charge in [-0.15, -0.1) is 0 Å². The normalized spacial score (nSPS) is 18.5. The monoisotopic (exact) mass is 290 g/mol. The molecule has 114 valence electrons. The Labute approximate surface area is 125 Å². The lowest BCUT2D eigenvalue weighted by Crippen LogP contribution is -2.44. The van der Waals surface area contributed by atoms with Crippen LogP contribution in [0.1, 0.15) is 24.8 Å². The third-order valence-electron chi connectivity index (χ3n) is 3.75. The smallest absolute Gasteiger partial charge is 0.224 e. The van der Waals surface area contributed by atoms with Crippen molar-refractivity contribution in [2.24, 2.45) is 11.7 Å². The molecule has 1 atom stereocenters. The number of carbonyl (C=O) groups excluding carboxylic acids is 2. The first-order valence-electron chi connectivity index (χ1n) is 7.35. The maximum atomic E-state index is 12.1. The van der Waals surface area contributed by atoms with Gasteiger partial charge in [0.1, 0.15) is 0 Å². The van der Waals surface area contributed by atoms with E-state index in [2.05, 4.69) is 0 Å². The fraction of sp³-hybridized carbons (Fsp3) is 0.500. The first-order chi connectivity index (χ1) is 10.2. The van der Waals surface area contributed by atoms with Gasteiger partial charge >= 0.3 is 0 Å². The number of carbonyl (C=O) groups is 2. The third-order valence-corrected chi connectivity index (χ3v) is 3.75. The summed E-state index contributed by atoms with van der Waals surface area (Å²) in [6, 6.07) is 9.86. The molecule has 0 saturated carbocycles. The van der Waals surface area contributed by atoms with Crippen molar-refractivity contribution in [2.75, 3.05) is 19.7 Å². The minimum atomic E-state index is -0.312. The Hall–Kier alpha value is -1.88. The summed E-state index contributed by atoms with van der Waals surface area (Å²) in [4.78, 5) is 25.0. The molecule has 2 rings (SSSR count). The lowest BCUT2D eigenvalue weighted by molar-refractivity contribution is -0.136. The van der Waals surface area contributed by atoms with E-state index in [0.29, 0.717) is 32.7 Å². The molecule has 0 aromatic heterocycles. The number of hydrogen-bond donors (Lipinski definition) is 1. The van der Waals surface area contributed by atoms with Crippen molar-refractivity contribution in [1.82, 2.24) is 4.90 Å². The molecule has 1 aliphatic heterocycles. The van der Waals surface area contributed by atoms with Gasteiger partial charge in [0.15, 0.2) is 0 Å². The van der Waals surface area contributed by atoms with Crippen LogP contribution in [-0.4, -0.2) is 36.4 Å². The van der Waals surface area contributed by atoms with Crippen LogP contribution >= 0.6 is 0 Å². The first kappa shape index (κ1) is 15.5. The van der Waals surface area contributed by atoms with Gasteiger partial charge in [-0.3, -0.25) is 9.59 Å². The van der Waals surface area contributed by atoms with Gasteiger partial charge in [0.2, 0.25) is 11.8 Å². The van der Waals surface area contributed by atoms with E-state index in [1.165, 1.54) is 0 Å². The number of likely N-dealkylation sites (tertiary alicyclic amines) is 1. The summed E-state index contributed by atoms with van der Waals surface area (Å²) in [5, 5.41) is 0. The zero-order valence-corrected chi connectivity index (χ0v) is 12.2. The largest absolute Gasteiger partial charge is 0.376 e. The summed E-state index contributed by atoms with van der Waals surface area (Å²) in [7, 11) is 0. The number of nitrogens with zero attached hydrogens (tertiary/aromatic N) is 1. The average Bonchev–Trinajstić information content (AvgIpc) is 2.52. The van der Waals surface area contributed by atoms with Gasteiger partial charge in [0, 0.05) is 13.1 Å². The quantitative estimate of drug-likeness (QED) is 0.803. The van der Waals surface area contributed by atoms with Crippen LogP contribution in [0.4, 0.5) is 0 Å². The number of benzene rings is 1. The van der Waals surface area contributed by atoms with Crippen molar-refractivity contribution < 1.29 is 14.3 Å². The molecular formula is C16H22N2O3. The second-order valence-corrected chi connectivity index (χ2v) is 5.37. The lowest BCUT2D eigenvalue weighted by atomic mass is 9.97. The highest BCUT2D eigenvalue weighted by molar-refractivity contribution is 5.80. The predicted octanol–water partition coefficient (Wildman–Crippen LogP) is 1.32. The Morgan fingerprint density at radius 2 is 2.05 bits per heavy atom. The maximum absolute atomic E-state index is 12.1. The van der Waals surface area contributed by atoms with E-state index < -0.39 is 0 Å². The van der Waals surface area contributed by atoms with Crippen molar-refractivity contribution in [1.29, 1.82) is 0 Å². The number of piperidine rings is 1. The van der Waals surface area contributed by atoms with Crippen LogP contribution in [0.3, 0.4) is 0 Å². The van der Waals surface area contributed by atoms with Crippen molar-refractivity contribution >= 4 is 11.8 Å². The molecule has 1 aliphatic rings. The summed E-state index contributed by atoms with van der Waals surface area (Å²) < 4.78 is 5.52. The molecule has 0 spiro atoms. The molecule has 1 aromatic rings. The summed E-state index contributed by atoms with van der Waals surface area (Å²) in [6.45, 7) is 2.07. The topological polar surface area (TPSA) is 72.6 Å². The zero-order chi connectivity index (χ0) is 15.1. The molecule has 0 radical (unpaired) electrons. The number of ether oxygens (including phenoxy) is 1. The van der Waals surface area contributed by atoms with Crippen molar-refractivity contribution in [2.45, 2.75) is 25.9 Å². The predicted molar refractivity (Wildman–Crippen MR) is 79.2 cm³/mol. The highest BCUT2D eigenvalue weighted by Gasteiger charge is 2.26. The van der Waals surface area contributed by atoms with Gasteiger partial charge < -0.3 is 15.4 Å². The second kappa shape index (κ2) is 7.78. The van der Waals surface area contributed by atoms with Gasteiger partial charge in [-0.05, 0) is 18.4 Å². The molecule has 1 heterocycles. The Morgan fingerprint density at radius 3 is 2.76 bits per heavy atom. The maximum Gasteiger partial charge on any atom is 0.224 e. The van der Waals surface area contributed by atoms with E-state index in [1.54, 1.807) is 4.90 Å². The zero-order valence-electron chi connectivity index (χ0n) is 12.2. The van der Waals surface area contributed by atoms with Gasteiger partial charge in [0.05, 0.1) is 25.6 Å².